The molecule has 0 saturated carbocycles. The Morgan fingerprint density at radius 2 is 2.32 bits per heavy atom. The number of ether oxygens (including phenoxy) is 1. The maximum atomic E-state index is 14.2. The van der Waals surface area contributed by atoms with Crippen LogP contribution in [0.1, 0.15) is 0 Å². The molecule has 0 bridgehead atoms. The fraction of sp³-hybridized carbons (Fsp3) is 0.455. The van der Waals surface area contributed by atoms with Gasteiger partial charge in [-0.3, -0.25) is 14.3 Å². The number of halogens is 1. The Morgan fingerprint density at radius 1 is 1.63 bits per heavy atom. The molecular weight excluding hydrogens is 259 g/mol. The first-order valence-electron chi connectivity index (χ1n) is 5.37. The van der Waals surface area contributed by atoms with E-state index in [2.05, 4.69) is 0 Å². The molecule has 0 amide bonds. The van der Waals surface area contributed by atoms with E-state index in [0.717, 1.165) is 12.3 Å². The number of aliphatic hydroxyl groups excluding tert-OH is 2. The van der Waals surface area contributed by atoms with Crippen molar-refractivity contribution in [1.29, 1.82) is 0 Å². The van der Waals surface area contributed by atoms with Crippen molar-refractivity contribution < 1.29 is 19.3 Å². The average Bonchev–Trinajstić information content (AvgIpc) is 2.64. The third-order valence-corrected chi connectivity index (χ3v) is 2.95. The number of aromatic nitrogens is 2. The van der Waals surface area contributed by atoms with E-state index in [1.54, 1.807) is 0 Å². The number of terminal acetylenes is 1. The van der Waals surface area contributed by atoms with Gasteiger partial charge in [-0.2, -0.15) is 0 Å². The van der Waals surface area contributed by atoms with Gasteiger partial charge >= 0.3 is 5.69 Å². The number of alkyl halides is 1. The fourth-order valence-corrected chi connectivity index (χ4v) is 1.98. The molecule has 0 aromatic carbocycles. The lowest BCUT2D eigenvalue weighted by Gasteiger charge is -2.26. The highest BCUT2D eigenvalue weighted by atomic mass is 19.1. The summed E-state index contributed by atoms with van der Waals surface area (Å²) < 4.78 is 19.9. The van der Waals surface area contributed by atoms with Gasteiger partial charge in [0, 0.05) is 12.3 Å². The first-order valence-corrected chi connectivity index (χ1v) is 5.37. The van der Waals surface area contributed by atoms with Gasteiger partial charge in [0.15, 0.2) is 6.17 Å². The lowest BCUT2D eigenvalue weighted by molar-refractivity contribution is -0.0949. The zero-order valence-corrected chi connectivity index (χ0v) is 9.62. The monoisotopic (exact) mass is 270 g/mol. The van der Waals surface area contributed by atoms with Crippen LogP contribution in [0.2, 0.25) is 0 Å². The zero-order chi connectivity index (χ0) is 14.2. The van der Waals surface area contributed by atoms with Crippen LogP contribution in [-0.2, 0) is 10.5 Å². The van der Waals surface area contributed by atoms with E-state index in [-0.39, 0.29) is 0 Å². The average molecular weight is 270 g/mol. The summed E-state index contributed by atoms with van der Waals surface area (Å²) >= 11 is 0. The SMILES string of the molecule is C#C[C@@]1(n2ccc(=O)[nH]c2=O)O[C@H](CO)[C@@H](O)[C@H]1F. The van der Waals surface area contributed by atoms with E-state index in [1.165, 1.54) is 0 Å². The quantitative estimate of drug-likeness (QED) is 0.535. The molecule has 1 aliphatic heterocycles. The number of aliphatic hydroxyl groups is 2. The highest BCUT2D eigenvalue weighted by molar-refractivity contribution is 5.16. The van der Waals surface area contributed by atoms with Gasteiger partial charge in [-0.1, -0.05) is 0 Å². The minimum absolute atomic E-state index is 0.664. The van der Waals surface area contributed by atoms with Gasteiger partial charge in [-0.05, 0) is 5.92 Å². The summed E-state index contributed by atoms with van der Waals surface area (Å²) in [6.07, 6.45) is 1.12. The second-order valence-electron chi connectivity index (χ2n) is 4.05. The Hall–Kier alpha value is -1.95. The molecule has 1 aliphatic rings. The number of H-pyrrole nitrogens is 1. The number of nitrogens with one attached hydrogen (secondary N) is 1. The molecule has 0 unspecified atom stereocenters. The number of nitrogens with zero attached hydrogens (tertiary/aromatic N) is 1. The van der Waals surface area contributed by atoms with Gasteiger partial charge in [0.05, 0.1) is 6.61 Å². The molecule has 1 fully saturated rings. The highest BCUT2D eigenvalue weighted by Gasteiger charge is 2.56. The van der Waals surface area contributed by atoms with Crippen LogP contribution in [0.15, 0.2) is 21.9 Å². The minimum atomic E-state index is -2.20. The number of hydrogen-bond acceptors (Lipinski definition) is 5. The van der Waals surface area contributed by atoms with Gasteiger partial charge in [0.1, 0.15) is 12.2 Å². The summed E-state index contributed by atoms with van der Waals surface area (Å²) in [5.74, 6) is 1.97. The molecule has 7 nitrogen and oxygen atoms in total. The molecule has 2 rings (SSSR count). The third kappa shape index (κ3) is 1.88. The van der Waals surface area contributed by atoms with E-state index >= 15 is 0 Å². The molecule has 1 aromatic rings. The van der Waals surface area contributed by atoms with Crippen LogP contribution in [0, 0.1) is 12.3 Å². The second-order valence-corrected chi connectivity index (χ2v) is 4.05. The van der Waals surface area contributed by atoms with Crippen LogP contribution in [0.25, 0.3) is 0 Å². The Labute approximate surface area is 106 Å². The van der Waals surface area contributed by atoms with Gasteiger partial charge in [-0.15, -0.1) is 6.42 Å². The molecule has 19 heavy (non-hydrogen) atoms. The zero-order valence-electron chi connectivity index (χ0n) is 9.62. The molecule has 102 valence electrons. The first-order chi connectivity index (χ1) is 8.96. The maximum Gasteiger partial charge on any atom is 0.331 e. The molecule has 1 aromatic heterocycles. The van der Waals surface area contributed by atoms with Crippen LogP contribution in [0.5, 0.6) is 0 Å². The van der Waals surface area contributed by atoms with E-state index in [4.69, 9.17) is 16.3 Å². The van der Waals surface area contributed by atoms with E-state index in [0.29, 0.717) is 4.57 Å². The summed E-state index contributed by atoms with van der Waals surface area (Å²) in [6.45, 7) is -0.664. The van der Waals surface area contributed by atoms with Crippen LogP contribution in [0.4, 0.5) is 4.39 Å². The van der Waals surface area contributed by atoms with Crippen molar-refractivity contribution in [2.24, 2.45) is 0 Å². The normalized spacial score (nSPS) is 34.1. The Kier molecular flexibility index (Phi) is 3.28. The van der Waals surface area contributed by atoms with Crippen LogP contribution in [0.3, 0.4) is 0 Å². The predicted molar refractivity (Wildman–Crippen MR) is 61.0 cm³/mol. The lowest BCUT2D eigenvalue weighted by atomic mass is 10.0. The summed E-state index contributed by atoms with van der Waals surface area (Å²) in [5, 5.41) is 18.6. The van der Waals surface area contributed by atoms with Crippen molar-refractivity contribution in [2.75, 3.05) is 6.61 Å². The smallest absolute Gasteiger partial charge is 0.331 e. The second kappa shape index (κ2) is 4.62. The van der Waals surface area contributed by atoms with E-state index in [1.807, 2.05) is 10.9 Å². The molecular formula is C11H11FN2O5. The van der Waals surface area contributed by atoms with Gasteiger partial charge in [-0.25, -0.2) is 9.18 Å². The van der Waals surface area contributed by atoms with Crippen molar-refractivity contribution in [3.05, 3.63) is 33.1 Å². The topological polar surface area (TPSA) is 105 Å². The van der Waals surface area contributed by atoms with E-state index in [9.17, 15) is 19.1 Å². The van der Waals surface area contributed by atoms with Gasteiger partial charge in [0.25, 0.3) is 5.56 Å². The molecule has 0 aliphatic carbocycles. The number of aromatic amines is 1. The third-order valence-electron chi connectivity index (χ3n) is 2.95. The fourth-order valence-electron chi connectivity index (χ4n) is 1.98. The molecule has 0 spiro atoms. The number of rotatable bonds is 2. The van der Waals surface area contributed by atoms with Crippen LogP contribution < -0.4 is 11.2 Å². The molecule has 0 radical (unpaired) electrons. The van der Waals surface area contributed by atoms with Crippen LogP contribution >= 0.6 is 0 Å². The maximum absolute atomic E-state index is 14.2. The Morgan fingerprint density at radius 3 is 2.79 bits per heavy atom. The summed E-state index contributed by atoms with van der Waals surface area (Å²) in [4.78, 5) is 24.5. The van der Waals surface area contributed by atoms with Crippen LogP contribution in [-0.4, -0.2) is 44.8 Å². The van der Waals surface area contributed by atoms with Crippen molar-refractivity contribution in [3.8, 4) is 12.3 Å². The minimum Gasteiger partial charge on any atom is -0.394 e. The summed E-state index contributed by atoms with van der Waals surface area (Å²) in [6, 6.07) is 0.967. The lowest BCUT2D eigenvalue weighted by Crippen LogP contribution is -2.48. The first kappa shape index (κ1) is 13.5. The van der Waals surface area contributed by atoms with Crippen molar-refractivity contribution in [2.45, 2.75) is 24.1 Å². The largest absolute Gasteiger partial charge is 0.394 e. The van der Waals surface area contributed by atoms with Crippen molar-refractivity contribution >= 4 is 0 Å². The molecule has 4 atom stereocenters. The summed E-state index contributed by atoms with van der Waals surface area (Å²) in [5.41, 5.74) is -3.85. The standard InChI is InChI=1S/C11H11FN2O5/c1-2-11(9(12)8(17)6(5-15)19-11)14-4-3-7(16)13-10(14)18/h1,3-4,6,8-9,15,17H,5H2,(H,13,16,18)/t6-,8-,9-,11-/m1/s1. The number of hydrogen-bond donors (Lipinski definition) is 3. The van der Waals surface area contributed by atoms with E-state index < -0.39 is 42.0 Å². The van der Waals surface area contributed by atoms with Crippen molar-refractivity contribution in [3.63, 3.8) is 0 Å². The summed E-state index contributed by atoms with van der Waals surface area (Å²) in [7, 11) is 0. The van der Waals surface area contributed by atoms with Gasteiger partial charge in [0.2, 0.25) is 5.72 Å². The molecule has 8 heteroatoms. The van der Waals surface area contributed by atoms with Gasteiger partial charge < -0.3 is 14.9 Å². The Balaban J connectivity index is 2.59. The Bertz CT molecular complexity index is 633. The molecule has 3 N–H and O–H groups in total. The molecule has 2 heterocycles. The van der Waals surface area contributed by atoms with Crippen molar-refractivity contribution in [1.82, 2.24) is 9.55 Å². The highest BCUT2D eigenvalue weighted by Crippen LogP contribution is 2.36. The predicted octanol–water partition coefficient (Wildman–Crippen LogP) is -2.09. The molecule has 1 saturated heterocycles.